The zero-order chi connectivity index (χ0) is 23.0. The van der Waals surface area contributed by atoms with Gasteiger partial charge in [0.2, 0.25) is 0 Å². The average molecular weight is 479 g/mol. The Hall–Kier alpha value is -3.17. The molecule has 32 heavy (non-hydrogen) atoms. The fraction of sp³-hybridized carbons (Fsp3) is 0.238. The maximum absolute atomic E-state index is 14.4. The van der Waals surface area contributed by atoms with Gasteiger partial charge >= 0.3 is 0 Å². The predicted molar refractivity (Wildman–Crippen MR) is 118 cm³/mol. The van der Waals surface area contributed by atoms with E-state index in [4.69, 9.17) is 27.7 Å². The van der Waals surface area contributed by atoms with Crippen molar-refractivity contribution in [2.45, 2.75) is 6.92 Å². The van der Waals surface area contributed by atoms with E-state index in [2.05, 4.69) is 5.16 Å². The fourth-order valence-corrected chi connectivity index (χ4v) is 4.16. The number of halogens is 3. The highest BCUT2D eigenvalue weighted by atomic mass is 35.5. The van der Waals surface area contributed by atoms with Gasteiger partial charge in [-0.05, 0) is 31.2 Å². The Kier molecular flexibility index (Phi) is 6.03. The van der Waals surface area contributed by atoms with Crippen LogP contribution in [0.25, 0.3) is 11.3 Å². The van der Waals surface area contributed by atoms with E-state index in [1.54, 1.807) is 24.0 Å². The lowest BCUT2D eigenvalue weighted by molar-refractivity contribution is -0.384. The first kappa shape index (κ1) is 22.0. The number of rotatable bonds is 4. The second-order valence-corrected chi connectivity index (χ2v) is 8.07. The van der Waals surface area contributed by atoms with Crippen LogP contribution in [-0.2, 0) is 0 Å². The van der Waals surface area contributed by atoms with Crippen LogP contribution in [0.5, 0.6) is 0 Å². The Morgan fingerprint density at radius 3 is 2.56 bits per heavy atom. The highest BCUT2D eigenvalue weighted by molar-refractivity contribution is 6.33. The van der Waals surface area contributed by atoms with Gasteiger partial charge < -0.3 is 14.3 Å². The first-order chi connectivity index (χ1) is 15.3. The lowest BCUT2D eigenvalue weighted by Gasteiger charge is -2.35. The molecular weight excluding hydrogens is 462 g/mol. The summed E-state index contributed by atoms with van der Waals surface area (Å²) < 4.78 is 19.6. The molecular formula is C21H17Cl2FN4O4. The summed E-state index contributed by atoms with van der Waals surface area (Å²) in [4.78, 5) is 27.6. The second-order valence-electron chi connectivity index (χ2n) is 7.23. The van der Waals surface area contributed by atoms with E-state index in [1.807, 2.05) is 4.90 Å². The van der Waals surface area contributed by atoms with Crippen molar-refractivity contribution in [3.63, 3.8) is 0 Å². The van der Waals surface area contributed by atoms with Crippen LogP contribution in [0.15, 0.2) is 40.9 Å². The van der Waals surface area contributed by atoms with E-state index in [9.17, 15) is 19.3 Å². The quantitative estimate of drug-likeness (QED) is 0.388. The number of aromatic nitrogens is 1. The number of hydrogen-bond acceptors (Lipinski definition) is 6. The van der Waals surface area contributed by atoms with Gasteiger partial charge in [0, 0.05) is 37.3 Å². The number of carbonyl (C=O) groups is 1. The van der Waals surface area contributed by atoms with Crippen LogP contribution in [0.2, 0.25) is 10.0 Å². The van der Waals surface area contributed by atoms with E-state index < -0.39 is 10.7 Å². The molecule has 0 saturated carbocycles. The van der Waals surface area contributed by atoms with Gasteiger partial charge in [-0.3, -0.25) is 14.9 Å². The van der Waals surface area contributed by atoms with Gasteiger partial charge in [0.05, 0.1) is 15.5 Å². The normalized spacial score (nSPS) is 14.0. The molecule has 1 aliphatic heterocycles. The van der Waals surface area contributed by atoms with Gasteiger partial charge in [-0.25, -0.2) is 4.39 Å². The third-order valence-electron chi connectivity index (χ3n) is 5.32. The summed E-state index contributed by atoms with van der Waals surface area (Å²) in [6.45, 7) is 2.91. The molecule has 166 valence electrons. The molecule has 0 aliphatic carbocycles. The Balaban J connectivity index is 1.57. The summed E-state index contributed by atoms with van der Waals surface area (Å²) in [6, 6.07) is 8.70. The standard InChI is InChI=1S/C21H17Cl2FN4O4/c1-12-18(20(25-32-12)19-14(23)3-2-4-15(19)24)21(29)27-9-7-26(8-10-27)16-6-5-13(22)11-17(16)28(30)31/h2-6,11H,7-10H2,1H3. The third-order valence-corrected chi connectivity index (χ3v) is 5.87. The average Bonchev–Trinajstić information content (AvgIpc) is 3.14. The lowest BCUT2D eigenvalue weighted by atomic mass is 10.0. The minimum atomic E-state index is -0.611. The summed E-state index contributed by atoms with van der Waals surface area (Å²) in [5.74, 6) is -0.733. The maximum atomic E-state index is 14.4. The number of nitro groups is 1. The molecule has 2 aromatic carbocycles. The zero-order valence-corrected chi connectivity index (χ0v) is 18.4. The number of benzene rings is 2. The predicted octanol–water partition coefficient (Wildman–Crippen LogP) is 4.97. The van der Waals surface area contributed by atoms with Crippen molar-refractivity contribution in [1.29, 1.82) is 0 Å². The van der Waals surface area contributed by atoms with E-state index >= 15 is 0 Å². The second kappa shape index (κ2) is 8.76. The first-order valence-electron chi connectivity index (χ1n) is 9.66. The van der Waals surface area contributed by atoms with Gasteiger partial charge in [-0.1, -0.05) is 34.4 Å². The van der Waals surface area contributed by atoms with Crippen LogP contribution in [-0.4, -0.2) is 47.1 Å². The Morgan fingerprint density at radius 1 is 1.19 bits per heavy atom. The van der Waals surface area contributed by atoms with Crippen LogP contribution in [0, 0.1) is 22.9 Å². The fourth-order valence-electron chi connectivity index (χ4n) is 3.74. The highest BCUT2D eigenvalue weighted by Crippen LogP contribution is 2.35. The number of hydrogen-bond donors (Lipinski definition) is 0. The summed E-state index contributed by atoms with van der Waals surface area (Å²) >= 11 is 12.1. The Morgan fingerprint density at radius 2 is 1.91 bits per heavy atom. The molecule has 0 bridgehead atoms. The van der Waals surface area contributed by atoms with E-state index in [0.29, 0.717) is 31.9 Å². The highest BCUT2D eigenvalue weighted by Gasteiger charge is 2.31. The molecule has 0 atom stereocenters. The minimum Gasteiger partial charge on any atom is -0.362 e. The molecule has 0 unspecified atom stereocenters. The molecule has 0 radical (unpaired) electrons. The number of piperazine rings is 1. The number of anilines is 1. The van der Waals surface area contributed by atoms with Crippen LogP contribution < -0.4 is 4.90 Å². The molecule has 0 spiro atoms. The van der Waals surface area contributed by atoms with Gasteiger partial charge in [0.25, 0.3) is 11.6 Å². The monoisotopic (exact) mass is 478 g/mol. The van der Waals surface area contributed by atoms with E-state index in [1.165, 1.54) is 24.3 Å². The van der Waals surface area contributed by atoms with Gasteiger partial charge in [-0.2, -0.15) is 0 Å². The number of carbonyl (C=O) groups excluding carboxylic acids is 1. The third kappa shape index (κ3) is 4.01. The molecule has 3 aromatic rings. The minimum absolute atomic E-state index is 0.00444. The number of amides is 1. The first-order valence-corrected chi connectivity index (χ1v) is 10.4. The van der Waals surface area contributed by atoms with Crippen molar-refractivity contribution in [3.8, 4) is 11.3 Å². The lowest BCUT2D eigenvalue weighted by Crippen LogP contribution is -2.49. The van der Waals surface area contributed by atoms with Gasteiger partial charge in [-0.15, -0.1) is 0 Å². The maximum Gasteiger partial charge on any atom is 0.294 e. The van der Waals surface area contributed by atoms with Crippen molar-refractivity contribution >= 4 is 40.5 Å². The van der Waals surface area contributed by atoms with Crippen molar-refractivity contribution in [2.24, 2.45) is 0 Å². The van der Waals surface area contributed by atoms with Crippen LogP contribution in [0.3, 0.4) is 0 Å². The SMILES string of the molecule is Cc1onc(-c2c(F)cccc2Cl)c1C(=O)N1CCN(c2ccc(Cl)cc2[N+](=O)[O-])CC1. The van der Waals surface area contributed by atoms with Crippen LogP contribution in [0.1, 0.15) is 16.1 Å². The van der Waals surface area contributed by atoms with Crippen molar-refractivity contribution in [2.75, 3.05) is 31.1 Å². The summed E-state index contributed by atoms with van der Waals surface area (Å²) in [6.07, 6.45) is 0. The number of nitro benzene ring substituents is 1. The molecule has 1 saturated heterocycles. The topological polar surface area (TPSA) is 92.7 Å². The number of nitrogens with zero attached hydrogens (tertiary/aromatic N) is 4. The molecule has 1 amide bonds. The van der Waals surface area contributed by atoms with Crippen LogP contribution in [0.4, 0.5) is 15.8 Å². The molecule has 4 rings (SSSR count). The molecule has 1 fully saturated rings. The Labute approximate surface area is 192 Å². The van der Waals surface area contributed by atoms with Crippen molar-refractivity contribution in [3.05, 3.63) is 73.7 Å². The van der Waals surface area contributed by atoms with Crippen LogP contribution >= 0.6 is 23.2 Å². The van der Waals surface area contributed by atoms with Gasteiger partial charge in [0.1, 0.15) is 28.5 Å². The van der Waals surface area contributed by atoms with Crippen molar-refractivity contribution < 1.29 is 18.6 Å². The molecule has 0 N–H and O–H groups in total. The van der Waals surface area contributed by atoms with Crippen molar-refractivity contribution in [1.82, 2.24) is 10.1 Å². The molecule has 1 aromatic heterocycles. The summed E-state index contributed by atoms with van der Waals surface area (Å²) in [7, 11) is 0. The van der Waals surface area contributed by atoms with E-state index in [0.717, 1.165) is 0 Å². The largest absolute Gasteiger partial charge is 0.362 e. The zero-order valence-electron chi connectivity index (χ0n) is 16.8. The van der Waals surface area contributed by atoms with Gasteiger partial charge in [0.15, 0.2) is 0 Å². The molecule has 2 heterocycles. The van der Waals surface area contributed by atoms with E-state index in [-0.39, 0.29) is 44.2 Å². The molecule has 8 nitrogen and oxygen atoms in total. The molecule has 11 heteroatoms. The molecule has 1 aliphatic rings. The smallest absolute Gasteiger partial charge is 0.294 e. The summed E-state index contributed by atoms with van der Waals surface area (Å²) in [5, 5.41) is 15.7. The number of aryl methyl sites for hydroxylation is 1. The summed E-state index contributed by atoms with van der Waals surface area (Å²) in [5.41, 5.74) is 0.536. The Bertz CT molecular complexity index is 1190.